The first-order valence-electron chi connectivity index (χ1n) is 7.17. The third kappa shape index (κ3) is 6.96. The fourth-order valence-electron chi connectivity index (χ4n) is 2.05. The molecule has 0 bridgehead atoms. The van der Waals surface area contributed by atoms with Gasteiger partial charge in [0.25, 0.3) is 6.43 Å². The molecule has 0 amide bonds. The molecule has 4 heteroatoms. The van der Waals surface area contributed by atoms with Crippen LogP contribution in [-0.4, -0.2) is 26.2 Å². The first-order chi connectivity index (χ1) is 9.49. The fraction of sp³-hybridized carbons (Fsp3) is 0.625. The number of benzene rings is 1. The molecule has 0 aliphatic carbocycles. The van der Waals surface area contributed by atoms with Crippen molar-refractivity contribution in [3.63, 3.8) is 0 Å². The van der Waals surface area contributed by atoms with E-state index >= 15 is 0 Å². The van der Waals surface area contributed by atoms with Crippen LogP contribution in [0.3, 0.4) is 0 Å². The molecule has 1 aromatic carbocycles. The first-order valence-corrected chi connectivity index (χ1v) is 7.17. The van der Waals surface area contributed by atoms with E-state index in [4.69, 9.17) is 4.74 Å². The Balaban J connectivity index is 2.30. The predicted molar refractivity (Wildman–Crippen MR) is 78.2 cm³/mol. The van der Waals surface area contributed by atoms with E-state index in [1.165, 1.54) is 11.1 Å². The van der Waals surface area contributed by atoms with Crippen molar-refractivity contribution < 1.29 is 13.5 Å². The lowest BCUT2D eigenvalue weighted by Crippen LogP contribution is -2.24. The molecule has 1 N–H and O–H groups in total. The van der Waals surface area contributed by atoms with E-state index < -0.39 is 13.0 Å². The third-order valence-corrected chi connectivity index (χ3v) is 3.06. The highest BCUT2D eigenvalue weighted by Gasteiger charge is 2.06. The summed E-state index contributed by atoms with van der Waals surface area (Å²) in [6.07, 6.45) is -1.30. The Kier molecular flexibility index (Phi) is 7.70. The maximum atomic E-state index is 11.9. The van der Waals surface area contributed by atoms with Crippen molar-refractivity contribution in [2.45, 2.75) is 39.7 Å². The van der Waals surface area contributed by atoms with Gasteiger partial charge >= 0.3 is 0 Å². The number of nitrogens with one attached hydrogen (secondary N) is 1. The minimum Gasteiger partial charge on any atom is -0.374 e. The highest BCUT2D eigenvalue weighted by atomic mass is 19.3. The molecule has 0 saturated carbocycles. The molecular weight excluding hydrogens is 260 g/mol. The molecule has 1 aromatic rings. The van der Waals surface area contributed by atoms with Crippen LogP contribution in [0.4, 0.5) is 8.78 Å². The van der Waals surface area contributed by atoms with Gasteiger partial charge in [0.15, 0.2) is 0 Å². The standard InChI is InChI=1S/C16H25F2NO/c1-12(2)10-14-4-6-15(7-5-14)13(3)19-8-9-20-11-16(17)18/h4-7,12-13,16,19H,8-11H2,1-3H3. The van der Waals surface area contributed by atoms with E-state index in [1.54, 1.807) is 0 Å². The van der Waals surface area contributed by atoms with Crippen LogP contribution in [0.2, 0.25) is 0 Å². The van der Waals surface area contributed by atoms with Crippen LogP contribution >= 0.6 is 0 Å². The molecule has 0 aromatic heterocycles. The average Bonchev–Trinajstić information content (AvgIpc) is 2.38. The molecule has 1 unspecified atom stereocenters. The SMILES string of the molecule is CC(C)Cc1ccc(C(C)NCCOCC(F)F)cc1. The van der Waals surface area contributed by atoms with Crippen LogP contribution in [0.15, 0.2) is 24.3 Å². The fourth-order valence-corrected chi connectivity index (χ4v) is 2.05. The summed E-state index contributed by atoms with van der Waals surface area (Å²) in [5.74, 6) is 0.656. The molecular formula is C16H25F2NO. The van der Waals surface area contributed by atoms with E-state index in [9.17, 15) is 8.78 Å². The van der Waals surface area contributed by atoms with E-state index in [0.29, 0.717) is 19.1 Å². The van der Waals surface area contributed by atoms with E-state index in [1.807, 2.05) is 0 Å². The second-order valence-corrected chi connectivity index (χ2v) is 5.48. The monoisotopic (exact) mass is 285 g/mol. The normalized spacial score (nSPS) is 13.2. The van der Waals surface area contributed by atoms with Gasteiger partial charge in [-0.05, 0) is 30.4 Å². The highest BCUT2D eigenvalue weighted by Crippen LogP contribution is 2.15. The zero-order valence-corrected chi connectivity index (χ0v) is 12.5. The van der Waals surface area contributed by atoms with Gasteiger partial charge in [0.1, 0.15) is 6.61 Å². The topological polar surface area (TPSA) is 21.3 Å². The lowest BCUT2D eigenvalue weighted by atomic mass is 10.00. The Morgan fingerprint density at radius 2 is 1.75 bits per heavy atom. The van der Waals surface area contributed by atoms with Gasteiger partial charge in [-0.15, -0.1) is 0 Å². The Hall–Kier alpha value is -1.00. The van der Waals surface area contributed by atoms with Crippen LogP contribution < -0.4 is 5.32 Å². The summed E-state index contributed by atoms with van der Waals surface area (Å²) in [5, 5.41) is 3.26. The van der Waals surface area contributed by atoms with Gasteiger partial charge in [-0.3, -0.25) is 0 Å². The molecule has 0 aliphatic heterocycles. The maximum absolute atomic E-state index is 11.9. The van der Waals surface area contributed by atoms with E-state index in [0.717, 1.165) is 6.42 Å². The van der Waals surface area contributed by atoms with Gasteiger partial charge in [0, 0.05) is 12.6 Å². The zero-order chi connectivity index (χ0) is 15.0. The Morgan fingerprint density at radius 3 is 2.30 bits per heavy atom. The molecule has 1 rings (SSSR count). The van der Waals surface area contributed by atoms with Crippen LogP contribution in [-0.2, 0) is 11.2 Å². The molecule has 20 heavy (non-hydrogen) atoms. The van der Waals surface area contributed by atoms with Crippen molar-refractivity contribution in [1.82, 2.24) is 5.32 Å². The minimum absolute atomic E-state index is 0.193. The van der Waals surface area contributed by atoms with Crippen LogP contribution in [0.25, 0.3) is 0 Å². The largest absolute Gasteiger partial charge is 0.374 e. The predicted octanol–water partition coefficient (Wildman–Crippen LogP) is 3.82. The molecule has 0 spiro atoms. The molecule has 0 radical (unpaired) electrons. The second kappa shape index (κ2) is 9.03. The van der Waals surface area contributed by atoms with Gasteiger partial charge in [0.2, 0.25) is 0 Å². The Morgan fingerprint density at radius 1 is 1.10 bits per heavy atom. The lowest BCUT2D eigenvalue weighted by Gasteiger charge is -2.15. The van der Waals surface area contributed by atoms with Crippen molar-refractivity contribution >= 4 is 0 Å². The first kappa shape index (κ1) is 17.1. The number of hydrogen-bond acceptors (Lipinski definition) is 2. The summed E-state index contributed by atoms with van der Waals surface area (Å²) in [4.78, 5) is 0. The van der Waals surface area contributed by atoms with Crippen LogP contribution in [0.1, 0.15) is 37.9 Å². The summed E-state index contributed by atoms with van der Waals surface area (Å²) < 4.78 is 28.6. The molecule has 0 heterocycles. The van der Waals surface area contributed by atoms with Gasteiger partial charge in [-0.25, -0.2) is 8.78 Å². The number of halogens is 2. The summed E-state index contributed by atoms with van der Waals surface area (Å²) in [6, 6.07) is 8.74. The van der Waals surface area contributed by atoms with Crippen LogP contribution in [0, 0.1) is 5.92 Å². The lowest BCUT2D eigenvalue weighted by molar-refractivity contribution is 0.0183. The van der Waals surface area contributed by atoms with Crippen molar-refractivity contribution in [2.24, 2.45) is 5.92 Å². The number of hydrogen-bond donors (Lipinski definition) is 1. The molecule has 2 nitrogen and oxygen atoms in total. The third-order valence-electron chi connectivity index (χ3n) is 3.06. The van der Waals surface area contributed by atoms with E-state index in [2.05, 4.69) is 50.4 Å². The summed E-state index contributed by atoms with van der Waals surface area (Å²) in [6.45, 7) is 6.86. The Labute approximate surface area is 120 Å². The average molecular weight is 285 g/mol. The number of rotatable bonds is 9. The number of alkyl halides is 2. The second-order valence-electron chi connectivity index (χ2n) is 5.48. The van der Waals surface area contributed by atoms with Gasteiger partial charge in [0.05, 0.1) is 6.61 Å². The van der Waals surface area contributed by atoms with Crippen molar-refractivity contribution in [2.75, 3.05) is 19.8 Å². The van der Waals surface area contributed by atoms with Crippen molar-refractivity contribution in [3.05, 3.63) is 35.4 Å². The molecule has 0 fully saturated rings. The summed E-state index contributed by atoms with van der Waals surface area (Å²) >= 11 is 0. The minimum atomic E-state index is -2.39. The highest BCUT2D eigenvalue weighted by molar-refractivity contribution is 5.25. The Bertz CT molecular complexity index is 365. The maximum Gasteiger partial charge on any atom is 0.261 e. The molecule has 0 aliphatic rings. The quantitative estimate of drug-likeness (QED) is 0.696. The van der Waals surface area contributed by atoms with E-state index in [-0.39, 0.29) is 6.04 Å². The summed E-state index contributed by atoms with van der Waals surface area (Å²) in [5.41, 5.74) is 2.54. The van der Waals surface area contributed by atoms with Crippen molar-refractivity contribution in [1.29, 1.82) is 0 Å². The smallest absolute Gasteiger partial charge is 0.261 e. The molecule has 114 valence electrons. The van der Waals surface area contributed by atoms with Gasteiger partial charge in [-0.1, -0.05) is 38.1 Å². The van der Waals surface area contributed by atoms with Gasteiger partial charge < -0.3 is 10.1 Å². The summed E-state index contributed by atoms with van der Waals surface area (Å²) in [7, 11) is 0. The van der Waals surface area contributed by atoms with Crippen molar-refractivity contribution in [3.8, 4) is 0 Å². The zero-order valence-electron chi connectivity index (χ0n) is 12.5. The molecule has 1 atom stereocenters. The van der Waals surface area contributed by atoms with Gasteiger partial charge in [-0.2, -0.15) is 0 Å². The molecule has 0 saturated heterocycles. The van der Waals surface area contributed by atoms with Crippen LogP contribution in [0.5, 0.6) is 0 Å². The number of ether oxygens (including phenoxy) is 1.